The van der Waals surface area contributed by atoms with Crippen LogP contribution in [0.5, 0.6) is 0 Å². The molecule has 1 fully saturated rings. The number of rotatable bonds is 5. The number of esters is 1. The zero-order valence-electron chi connectivity index (χ0n) is 12.5. The quantitative estimate of drug-likeness (QED) is 0.676. The molecule has 22 heavy (non-hydrogen) atoms. The Morgan fingerprint density at radius 1 is 1.55 bits per heavy atom. The molecule has 9 nitrogen and oxygen atoms in total. The van der Waals surface area contributed by atoms with Crippen LogP contribution in [0.25, 0.3) is 0 Å². The summed E-state index contributed by atoms with van der Waals surface area (Å²) in [4.78, 5) is 39.8. The van der Waals surface area contributed by atoms with Crippen LogP contribution in [0.1, 0.15) is 32.9 Å². The Kier molecular flexibility index (Phi) is 5.09. The van der Waals surface area contributed by atoms with Gasteiger partial charge in [0.15, 0.2) is 0 Å². The Morgan fingerprint density at radius 2 is 2.27 bits per heavy atom. The molecule has 0 aliphatic carbocycles. The minimum Gasteiger partial charge on any atom is -0.462 e. The van der Waals surface area contributed by atoms with Gasteiger partial charge in [-0.2, -0.15) is 4.98 Å². The summed E-state index contributed by atoms with van der Waals surface area (Å²) in [5, 5.41) is 0. The zero-order chi connectivity index (χ0) is 16.3. The van der Waals surface area contributed by atoms with Gasteiger partial charge in [-0.15, -0.1) is 0 Å². The molecule has 1 saturated heterocycles. The number of ether oxygens (including phenoxy) is 2. The summed E-state index contributed by atoms with van der Waals surface area (Å²) in [7, 11) is 0. The van der Waals surface area contributed by atoms with Crippen molar-refractivity contribution >= 4 is 5.97 Å². The van der Waals surface area contributed by atoms with Crippen molar-refractivity contribution in [2.75, 3.05) is 6.61 Å². The van der Waals surface area contributed by atoms with Crippen LogP contribution in [0.3, 0.4) is 0 Å². The summed E-state index contributed by atoms with van der Waals surface area (Å²) in [6.07, 6.45) is 1.49. The van der Waals surface area contributed by atoms with Crippen molar-refractivity contribution in [3.05, 3.63) is 27.3 Å². The second-order valence-electron chi connectivity index (χ2n) is 5.58. The van der Waals surface area contributed by atoms with Crippen LogP contribution in [0.15, 0.2) is 15.9 Å². The average molecular weight is 312 g/mol. The molecule has 1 aromatic rings. The molecular weight excluding hydrogens is 292 g/mol. The molecule has 122 valence electrons. The zero-order valence-corrected chi connectivity index (χ0v) is 12.5. The summed E-state index contributed by atoms with van der Waals surface area (Å²) < 4.78 is 12.0. The van der Waals surface area contributed by atoms with Crippen molar-refractivity contribution in [2.24, 2.45) is 11.7 Å². The largest absolute Gasteiger partial charge is 0.462 e. The van der Waals surface area contributed by atoms with E-state index in [1.807, 2.05) is 13.8 Å². The lowest BCUT2D eigenvalue weighted by Gasteiger charge is -2.18. The minimum absolute atomic E-state index is 0.00413. The van der Waals surface area contributed by atoms with Gasteiger partial charge in [-0.1, -0.05) is 13.8 Å². The highest BCUT2D eigenvalue weighted by molar-refractivity contribution is 5.75. The van der Waals surface area contributed by atoms with E-state index in [1.165, 1.54) is 4.57 Å². The van der Waals surface area contributed by atoms with Gasteiger partial charge in [0.05, 0.1) is 6.10 Å². The maximum Gasteiger partial charge on any atom is 0.350 e. The molecule has 1 aromatic heterocycles. The van der Waals surface area contributed by atoms with E-state index in [2.05, 4.69) is 9.97 Å². The number of nitrogens with two attached hydrogens (primary N) is 1. The van der Waals surface area contributed by atoms with Crippen molar-refractivity contribution in [1.29, 1.82) is 0 Å². The smallest absolute Gasteiger partial charge is 0.350 e. The van der Waals surface area contributed by atoms with E-state index < -0.39 is 29.6 Å². The topological polar surface area (TPSA) is 129 Å². The standard InChI is InChI=1S/C13H20N4O5/c1-7(2)10(14)11(18)21-5-8-3-4-9(22-8)17-6-15-12(19)16-13(17)20/h6-10H,3-5,14H2,1-2H3,(H,16,19,20)/t8-,9+,10-/m0/s1. The van der Waals surface area contributed by atoms with E-state index in [0.717, 1.165) is 6.33 Å². The molecule has 9 heteroatoms. The third-order valence-electron chi connectivity index (χ3n) is 3.55. The van der Waals surface area contributed by atoms with Gasteiger partial charge in [0.1, 0.15) is 25.2 Å². The number of carbonyl (C=O) groups is 1. The van der Waals surface area contributed by atoms with Crippen LogP contribution in [-0.4, -0.2) is 39.3 Å². The van der Waals surface area contributed by atoms with E-state index in [4.69, 9.17) is 15.2 Å². The molecule has 0 spiro atoms. The molecule has 0 unspecified atom stereocenters. The number of nitrogens with zero attached hydrogens (tertiary/aromatic N) is 2. The van der Waals surface area contributed by atoms with Crippen LogP contribution < -0.4 is 17.1 Å². The van der Waals surface area contributed by atoms with Gasteiger partial charge in [0, 0.05) is 0 Å². The molecule has 1 aliphatic heterocycles. The first-order chi connectivity index (χ1) is 10.4. The molecule has 2 rings (SSSR count). The molecule has 0 bridgehead atoms. The van der Waals surface area contributed by atoms with Crippen molar-refractivity contribution in [2.45, 2.75) is 45.1 Å². The third-order valence-corrected chi connectivity index (χ3v) is 3.55. The maximum absolute atomic E-state index is 11.7. The van der Waals surface area contributed by atoms with Crippen molar-refractivity contribution in [1.82, 2.24) is 14.5 Å². The molecule has 3 N–H and O–H groups in total. The molecule has 0 aromatic carbocycles. The average Bonchev–Trinajstić information content (AvgIpc) is 2.92. The van der Waals surface area contributed by atoms with Crippen LogP contribution in [-0.2, 0) is 14.3 Å². The normalized spacial score (nSPS) is 22.7. The molecule has 3 atom stereocenters. The van der Waals surface area contributed by atoms with E-state index in [0.29, 0.717) is 12.8 Å². The highest BCUT2D eigenvalue weighted by atomic mass is 16.6. The molecule has 2 heterocycles. The van der Waals surface area contributed by atoms with Gasteiger partial charge in [-0.25, -0.2) is 9.59 Å². The van der Waals surface area contributed by atoms with Crippen LogP contribution in [0, 0.1) is 5.92 Å². The third kappa shape index (κ3) is 3.80. The molecule has 0 saturated carbocycles. The number of hydrogen-bond acceptors (Lipinski definition) is 7. The summed E-state index contributed by atoms with van der Waals surface area (Å²) in [5.41, 5.74) is 4.41. The van der Waals surface area contributed by atoms with Crippen molar-refractivity contribution < 1.29 is 14.3 Å². The maximum atomic E-state index is 11.7. The number of aromatic nitrogens is 3. The first kappa shape index (κ1) is 16.4. The van der Waals surface area contributed by atoms with Gasteiger partial charge in [0.25, 0.3) is 0 Å². The monoisotopic (exact) mass is 312 g/mol. The van der Waals surface area contributed by atoms with Gasteiger partial charge >= 0.3 is 17.3 Å². The van der Waals surface area contributed by atoms with Gasteiger partial charge < -0.3 is 15.2 Å². The van der Waals surface area contributed by atoms with Crippen LogP contribution in [0.2, 0.25) is 0 Å². The lowest BCUT2D eigenvalue weighted by molar-refractivity contribution is -0.151. The number of carbonyl (C=O) groups excluding carboxylic acids is 1. The van der Waals surface area contributed by atoms with Gasteiger partial charge in [-0.05, 0) is 18.8 Å². The number of hydrogen-bond donors (Lipinski definition) is 2. The number of aromatic amines is 1. The Morgan fingerprint density at radius 3 is 2.91 bits per heavy atom. The molecular formula is C13H20N4O5. The fraction of sp³-hybridized carbons (Fsp3) is 0.692. The Labute approximate surface area is 126 Å². The predicted octanol–water partition coefficient (Wildman–Crippen LogP) is -0.864. The van der Waals surface area contributed by atoms with E-state index >= 15 is 0 Å². The van der Waals surface area contributed by atoms with E-state index in [9.17, 15) is 14.4 Å². The van der Waals surface area contributed by atoms with Gasteiger partial charge in [0.2, 0.25) is 0 Å². The minimum atomic E-state index is -0.701. The summed E-state index contributed by atoms with van der Waals surface area (Å²) >= 11 is 0. The molecule has 0 amide bonds. The second kappa shape index (κ2) is 6.84. The number of H-pyrrole nitrogens is 1. The Bertz CT molecular complexity index is 638. The SMILES string of the molecule is CC(C)[C@H](N)C(=O)OC[C@@H]1CC[C@H](n2cnc(=O)[nH]c2=O)O1. The van der Waals surface area contributed by atoms with Gasteiger partial charge in [-0.3, -0.25) is 14.3 Å². The lowest BCUT2D eigenvalue weighted by Crippen LogP contribution is -2.38. The first-order valence-electron chi connectivity index (χ1n) is 7.13. The number of nitrogens with one attached hydrogen (secondary N) is 1. The molecule has 1 aliphatic rings. The van der Waals surface area contributed by atoms with E-state index in [-0.39, 0.29) is 18.6 Å². The summed E-state index contributed by atoms with van der Waals surface area (Å²) in [6, 6.07) is -0.664. The van der Waals surface area contributed by atoms with Crippen molar-refractivity contribution in [3.8, 4) is 0 Å². The Balaban J connectivity index is 1.89. The lowest BCUT2D eigenvalue weighted by atomic mass is 10.1. The Hall–Kier alpha value is -2.00. The first-order valence-corrected chi connectivity index (χ1v) is 7.13. The predicted molar refractivity (Wildman–Crippen MR) is 76.0 cm³/mol. The second-order valence-corrected chi connectivity index (χ2v) is 5.58. The van der Waals surface area contributed by atoms with Crippen LogP contribution >= 0.6 is 0 Å². The van der Waals surface area contributed by atoms with Crippen LogP contribution in [0.4, 0.5) is 0 Å². The highest BCUT2D eigenvalue weighted by Gasteiger charge is 2.29. The summed E-state index contributed by atoms with van der Waals surface area (Å²) in [5.74, 6) is -0.472. The summed E-state index contributed by atoms with van der Waals surface area (Å²) in [6.45, 7) is 3.76. The fourth-order valence-corrected chi connectivity index (χ4v) is 2.12. The van der Waals surface area contributed by atoms with E-state index in [1.54, 1.807) is 0 Å². The molecule has 0 radical (unpaired) electrons. The van der Waals surface area contributed by atoms with Crippen molar-refractivity contribution in [3.63, 3.8) is 0 Å². The highest BCUT2D eigenvalue weighted by Crippen LogP contribution is 2.26. The fourth-order valence-electron chi connectivity index (χ4n) is 2.12.